The molecule has 0 aliphatic heterocycles. The summed E-state index contributed by atoms with van der Waals surface area (Å²) in [5.74, 6) is -0.967. The molecule has 1 aliphatic rings. The molecule has 1 unspecified atom stereocenters. The molecule has 2 N–H and O–H groups in total. The van der Waals surface area contributed by atoms with E-state index in [1.165, 1.54) is 6.08 Å². The second-order valence-electron chi connectivity index (χ2n) is 4.84. The van der Waals surface area contributed by atoms with E-state index in [0.717, 1.165) is 0 Å². The summed E-state index contributed by atoms with van der Waals surface area (Å²) in [6, 6.07) is -0.332. The third-order valence-corrected chi connectivity index (χ3v) is 2.06. The van der Waals surface area contributed by atoms with Gasteiger partial charge < -0.3 is 15.2 Å². The van der Waals surface area contributed by atoms with Crippen LogP contribution in [0.15, 0.2) is 23.8 Å². The Labute approximate surface area is 100 Å². The van der Waals surface area contributed by atoms with E-state index in [4.69, 9.17) is 9.84 Å². The van der Waals surface area contributed by atoms with Crippen molar-refractivity contribution in [2.45, 2.75) is 38.8 Å². The SMILES string of the molecule is CC(C)(C)OC(=O)NC1C=CC=C(C(=O)O)C1. The number of hydrogen-bond acceptors (Lipinski definition) is 3. The molecule has 0 saturated heterocycles. The van der Waals surface area contributed by atoms with E-state index in [2.05, 4.69) is 5.32 Å². The summed E-state index contributed by atoms with van der Waals surface area (Å²) >= 11 is 0. The van der Waals surface area contributed by atoms with Crippen molar-refractivity contribution < 1.29 is 19.4 Å². The number of aliphatic carboxylic acids is 1. The van der Waals surface area contributed by atoms with Crippen LogP contribution in [0.2, 0.25) is 0 Å². The van der Waals surface area contributed by atoms with Gasteiger partial charge in [-0.1, -0.05) is 18.2 Å². The number of rotatable bonds is 2. The molecule has 0 aromatic rings. The molecule has 0 radical (unpaired) electrons. The van der Waals surface area contributed by atoms with Crippen LogP contribution in [0, 0.1) is 0 Å². The van der Waals surface area contributed by atoms with Gasteiger partial charge in [0.1, 0.15) is 5.60 Å². The third kappa shape index (κ3) is 4.72. The molecule has 0 fully saturated rings. The van der Waals surface area contributed by atoms with Gasteiger partial charge in [-0.25, -0.2) is 9.59 Å². The summed E-state index contributed by atoms with van der Waals surface area (Å²) in [5.41, 5.74) is -0.290. The zero-order valence-corrected chi connectivity index (χ0v) is 10.2. The molecule has 0 aromatic heterocycles. The van der Waals surface area contributed by atoms with Crippen LogP contribution in [0.5, 0.6) is 0 Å². The van der Waals surface area contributed by atoms with Crippen LogP contribution in [0.1, 0.15) is 27.2 Å². The van der Waals surface area contributed by atoms with E-state index in [1.807, 2.05) is 0 Å². The maximum atomic E-state index is 11.5. The number of carbonyl (C=O) groups is 2. The summed E-state index contributed by atoms with van der Waals surface area (Å²) < 4.78 is 5.09. The maximum absolute atomic E-state index is 11.5. The number of alkyl carbamates (subject to hydrolysis) is 1. The standard InChI is InChI=1S/C12H17NO4/c1-12(2,3)17-11(16)13-9-6-4-5-8(7-9)10(14)15/h4-6,9H,7H2,1-3H3,(H,13,16)(H,14,15). The molecule has 0 aromatic carbocycles. The highest BCUT2D eigenvalue weighted by molar-refractivity contribution is 5.87. The molecule has 1 atom stereocenters. The lowest BCUT2D eigenvalue weighted by Gasteiger charge is -2.23. The lowest BCUT2D eigenvalue weighted by Crippen LogP contribution is -2.39. The Morgan fingerprint density at radius 1 is 1.47 bits per heavy atom. The lowest BCUT2D eigenvalue weighted by molar-refractivity contribution is -0.132. The molecule has 17 heavy (non-hydrogen) atoms. The van der Waals surface area contributed by atoms with Gasteiger partial charge in [-0.15, -0.1) is 0 Å². The minimum Gasteiger partial charge on any atom is -0.478 e. The zero-order valence-electron chi connectivity index (χ0n) is 10.2. The fourth-order valence-corrected chi connectivity index (χ4v) is 1.40. The number of allylic oxidation sites excluding steroid dienone is 2. The van der Waals surface area contributed by atoms with Gasteiger partial charge in [-0.2, -0.15) is 0 Å². The minimum absolute atomic E-state index is 0.269. The maximum Gasteiger partial charge on any atom is 0.408 e. The minimum atomic E-state index is -0.967. The first-order valence-corrected chi connectivity index (χ1v) is 5.38. The van der Waals surface area contributed by atoms with Gasteiger partial charge >= 0.3 is 12.1 Å². The number of hydrogen-bond donors (Lipinski definition) is 2. The molecule has 1 aliphatic carbocycles. The van der Waals surface area contributed by atoms with E-state index in [-0.39, 0.29) is 18.0 Å². The Morgan fingerprint density at radius 2 is 2.12 bits per heavy atom. The van der Waals surface area contributed by atoms with E-state index >= 15 is 0 Å². The first kappa shape index (κ1) is 13.3. The molecular formula is C12H17NO4. The van der Waals surface area contributed by atoms with Crippen molar-refractivity contribution in [3.8, 4) is 0 Å². The number of carbonyl (C=O) groups excluding carboxylic acids is 1. The lowest BCUT2D eigenvalue weighted by atomic mass is 10.0. The van der Waals surface area contributed by atoms with Crippen LogP contribution < -0.4 is 5.32 Å². The Bertz CT molecular complexity index is 376. The van der Waals surface area contributed by atoms with Gasteiger partial charge in [0.15, 0.2) is 0 Å². The fraction of sp³-hybridized carbons (Fsp3) is 0.500. The number of ether oxygens (including phenoxy) is 1. The topological polar surface area (TPSA) is 75.6 Å². The van der Waals surface area contributed by atoms with E-state index in [9.17, 15) is 9.59 Å². The molecule has 5 heteroatoms. The van der Waals surface area contributed by atoms with Crippen molar-refractivity contribution in [3.05, 3.63) is 23.8 Å². The summed E-state index contributed by atoms with van der Waals surface area (Å²) in [7, 11) is 0. The summed E-state index contributed by atoms with van der Waals surface area (Å²) in [6.07, 6.45) is 4.60. The van der Waals surface area contributed by atoms with Crippen molar-refractivity contribution in [1.29, 1.82) is 0 Å². The monoisotopic (exact) mass is 239 g/mol. The van der Waals surface area contributed by atoms with Crippen LogP contribution in [-0.4, -0.2) is 28.8 Å². The van der Waals surface area contributed by atoms with Crippen molar-refractivity contribution in [3.63, 3.8) is 0 Å². The Morgan fingerprint density at radius 3 is 2.65 bits per heavy atom. The quantitative estimate of drug-likeness (QED) is 0.771. The van der Waals surface area contributed by atoms with E-state index in [0.29, 0.717) is 0 Å². The van der Waals surface area contributed by atoms with Gasteiger partial charge in [-0.3, -0.25) is 0 Å². The van der Waals surface area contributed by atoms with Gasteiger partial charge in [0, 0.05) is 12.0 Å². The Hall–Kier alpha value is -1.78. The van der Waals surface area contributed by atoms with Crippen molar-refractivity contribution in [2.75, 3.05) is 0 Å². The van der Waals surface area contributed by atoms with Gasteiger partial charge in [-0.05, 0) is 20.8 Å². The largest absolute Gasteiger partial charge is 0.478 e. The highest BCUT2D eigenvalue weighted by atomic mass is 16.6. The fourth-order valence-electron chi connectivity index (χ4n) is 1.40. The van der Waals surface area contributed by atoms with E-state index < -0.39 is 17.7 Å². The normalized spacial score (nSPS) is 19.5. The van der Waals surface area contributed by atoms with Gasteiger partial charge in [0.05, 0.1) is 6.04 Å². The van der Waals surface area contributed by atoms with Crippen molar-refractivity contribution >= 4 is 12.1 Å². The van der Waals surface area contributed by atoms with Crippen molar-refractivity contribution in [2.24, 2.45) is 0 Å². The van der Waals surface area contributed by atoms with Crippen LogP contribution in [0.4, 0.5) is 4.79 Å². The average molecular weight is 239 g/mol. The van der Waals surface area contributed by atoms with Crippen LogP contribution >= 0.6 is 0 Å². The first-order valence-electron chi connectivity index (χ1n) is 5.38. The number of carboxylic acid groups (broad SMARTS) is 1. The Kier molecular flexibility index (Phi) is 3.93. The molecule has 1 amide bonds. The van der Waals surface area contributed by atoms with E-state index in [1.54, 1.807) is 32.9 Å². The number of nitrogens with one attached hydrogen (secondary N) is 1. The summed E-state index contributed by atoms with van der Waals surface area (Å²) in [4.78, 5) is 22.2. The highest BCUT2D eigenvalue weighted by Gasteiger charge is 2.21. The molecular weight excluding hydrogens is 222 g/mol. The third-order valence-electron chi connectivity index (χ3n) is 2.06. The summed E-state index contributed by atoms with van der Waals surface area (Å²) in [5, 5.41) is 11.4. The van der Waals surface area contributed by atoms with Gasteiger partial charge in [0.25, 0.3) is 0 Å². The Balaban J connectivity index is 2.50. The highest BCUT2D eigenvalue weighted by Crippen LogP contribution is 2.14. The smallest absolute Gasteiger partial charge is 0.408 e. The molecule has 5 nitrogen and oxygen atoms in total. The molecule has 1 rings (SSSR count). The average Bonchev–Trinajstić information content (AvgIpc) is 2.14. The zero-order chi connectivity index (χ0) is 13.1. The first-order chi connectivity index (χ1) is 7.78. The molecule has 0 heterocycles. The molecule has 94 valence electrons. The molecule has 0 saturated carbocycles. The number of carboxylic acids is 1. The van der Waals surface area contributed by atoms with Crippen LogP contribution in [0.25, 0.3) is 0 Å². The second kappa shape index (κ2) is 5.03. The summed E-state index contributed by atoms with van der Waals surface area (Å²) in [6.45, 7) is 5.31. The van der Waals surface area contributed by atoms with Gasteiger partial charge in [0.2, 0.25) is 0 Å². The second-order valence-corrected chi connectivity index (χ2v) is 4.84. The number of amides is 1. The predicted octanol–water partition coefficient (Wildman–Crippen LogP) is 1.85. The van der Waals surface area contributed by atoms with Crippen LogP contribution in [-0.2, 0) is 9.53 Å². The predicted molar refractivity (Wildman–Crippen MR) is 62.6 cm³/mol. The van der Waals surface area contributed by atoms with Crippen LogP contribution in [0.3, 0.4) is 0 Å². The van der Waals surface area contributed by atoms with Crippen molar-refractivity contribution in [1.82, 2.24) is 5.32 Å². The molecule has 0 bridgehead atoms. The molecule has 0 spiro atoms.